The summed E-state index contributed by atoms with van der Waals surface area (Å²) in [6.07, 6.45) is 7.77. The van der Waals surface area contributed by atoms with Crippen LogP contribution in [-0.4, -0.2) is 17.7 Å². The second-order valence-electron chi connectivity index (χ2n) is 6.55. The number of rotatable bonds is 2. The summed E-state index contributed by atoms with van der Waals surface area (Å²) in [4.78, 5) is 11.6. The molecule has 2 aliphatic carbocycles. The van der Waals surface area contributed by atoms with Gasteiger partial charge in [-0.3, -0.25) is 0 Å². The van der Waals surface area contributed by atoms with Gasteiger partial charge >= 0.3 is 6.09 Å². The maximum absolute atomic E-state index is 11.6. The van der Waals surface area contributed by atoms with Crippen LogP contribution in [0.1, 0.15) is 59.3 Å². The molecular weight excluding hydrogens is 214 g/mol. The Morgan fingerprint density at radius 3 is 2.41 bits per heavy atom. The van der Waals surface area contributed by atoms with E-state index in [9.17, 15) is 4.79 Å². The molecule has 2 aliphatic rings. The summed E-state index contributed by atoms with van der Waals surface area (Å²) < 4.78 is 5.27. The van der Waals surface area contributed by atoms with Crippen molar-refractivity contribution in [3.05, 3.63) is 0 Å². The fourth-order valence-electron chi connectivity index (χ4n) is 2.92. The molecule has 0 unspecified atom stereocenters. The van der Waals surface area contributed by atoms with Crippen molar-refractivity contribution in [1.29, 1.82) is 0 Å². The smallest absolute Gasteiger partial charge is 0.407 e. The highest BCUT2D eigenvalue weighted by Crippen LogP contribution is 2.44. The van der Waals surface area contributed by atoms with Crippen molar-refractivity contribution < 1.29 is 9.53 Å². The molecule has 2 rings (SSSR count). The number of hydrogen-bond donors (Lipinski definition) is 1. The van der Waals surface area contributed by atoms with Crippen LogP contribution in [-0.2, 0) is 4.74 Å². The fraction of sp³-hybridized carbons (Fsp3) is 0.929. The highest BCUT2D eigenvalue weighted by atomic mass is 16.6. The van der Waals surface area contributed by atoms with Crippen LogP contribution in [0.2, 0.25) is 0 Å². The third-order valence-electron chi connectivity index (χ3n) is 3.80. The van der Waals surface area contributed by atoms with Crippen LogP contribution in [0.5, 0.6) is 0 Å². The zero-order valence-electron chi connectivity index (χ0n) is 11.3. The van der Waals surface area contributed by atoms with Gasteiger partial charge in [-0.25, -0.2) is 4.79 Å². The number of ether oxygens (including phenoxy) is 1. The Labute approximate surface area is 104 Å². The lowest BCUT2D eigenvalue weighted by Gasteiger charge is -2.22. The first-order valence-electron chi connectivity index (χ1n) is 6.95. The van der Waals surface area contributed by atoms with Crippen LogP contribution in [0.3, 0.4) is 0 Å². The monoisotopic (exact) mass is 239 g/mol. The molecule has 3 nitrogen and oxygen atoms in total. The van der Waals surface area contributed by atoms with Crippen LogP contribution in [0.25, 0.3) is 0 Å². The van der Waals surface area contributed by atoms with Crippen LogP contribution in [0.15, 0.2) is 0 Å². The van der Waals surface area contributed by atoms with E-state index in [4.69, 9.17) is 4.74 Å². The largest absolute Gasteiger partial charge is 0.444 e. The van der Waals surface area contributed by atoms with Gasteiger partial charge in [0.2, 0.25) is 0 Å². The van der Waals surface area contributed by atoms with E-state index in [-0.39, 0.29) is 11.7 Å². The summed E-state index contributed by atoms with van der Waals surface area (Å²) in [5.74, 6) is 1.58. The Kier molecular flexibility index (Phi) is 3.64. The van der Waals surface area contributed by atoms with Crippen LogP contribution in [0.4, 0.5) is 4.79 Å². The first kappa shape index (κ1) is 12.7. The van der Waals surface area contributed by atoms with Gasteiger partial charge in [0.15, 0.2) is 0 Å². The molecule has 1 N–H and O–H groups in total. The van der Waals surface area contributed by atoms with Crippen molar-refractivity contribution >= 4 is 6.09 Å². The van der Waals surface area contributed by atoms with Gasteiger partial charge < -0.3 is 10.1 Å². The molecule has 0 bridgehead atoms. The SMILES string of the molecule is CC(C)(C)OC(=O)N[C@@H]1C[C@H]1C1CCCCC1. The van der Waals surface area contributed by atoms with Crippen LogP contribution >= 0.6 is 0 Å². The molecule has 2 saturated carbocycles. The summed E-state index contributed by atoms with van der Waals surface area (Å²) in [6.45, 7) is 5.70. The van der Waals surface area contributed by atoms with Crippen molar-refractivity contribution in [2.75, 3.05) is 0 Å². The first-order valence-corrected chi connectivity index (χ1v) is 6.95. The quantitative estimate of drug-likeness (QED) is 0.801. The summed E-state index contributed by atoms with van der Waals surface area (Å²) in [6, 6.07) is 0.382. The van der Waals surface area contributed by atoms with E-state index in [1.54, 1.807) is 0 Å². The minimum absolute atomic E-state index is 0.249. The standard InChI is InChI=1S/C14H25NO2/c1-14(2,3)17-13(16)15-12-9-11(12)10-7-5-4-6-8-10/h10-12H,4-9H2,1-3H3,(H,15,16)/t11-,12+/m0/s1. The summed E-state index contributed by atoms with van der Waals surface area (Å²) in [5, 5.41) is 3.00. The zero-order chi connectivity index (χ0) is 12.5. The van der Waals surface area contributed by atoms with Gasteiger partial charge in [-0.2, -0.15) is 0 Å². The molecule has 0 heterocycles. The predicted molar refractivity (Wildman–Crippen MR) is 67.8 cm³/mol. The van der Waals surface area contributed by atoms with E-state index in [2.05, 4.69) is 5.32 Å². The number of hydrogen-bond acceptors (Lipinski definition) is 2. The van der Waals surface area contributed by atoms with E-state index in [0.717, 1.165) is 18.3 Å². The van der Waals surface area contributed by atoms with E-state index >= 15 is 0 Å². The molecule has 0 radical (unpaired) electrons. The molecule has 0 aromatic rings. The number of nitrogens with one attached hydrogen (secondary N) is 1. The molecule has 0 spiro atoms. The maximum atomic E-state index is 11.6. The third kappa shape index (κ3) is 3.90. The van der Waals surface area contributed by atoms with E-state index in [1.807, 2.05) is 20.8 Å². The zero-order valence-corrected chi connectivity index (χ0v) is 11.3. The lowest BCUT2D eigenvalue weighted by molar-refractivity contribution is 0.0518. The van der Waals surface area contributed by atoms with Gasteiger partial charge in [-0.05, 0) is 39.0 Å². The Morgan fingerprint density at radius 2 is 1.82 bits per heavy atom. The number of amides is 1. The molecule has 3 heteroatoms. The van der Waals surface area contributed by atoms with Gasteiger partial charge in [0.1, 0.15) is 5.60 Å². The Morgan fingerprint density at radius 1 is 1.18 bits per heavy atom. The summed E-state index contributed by atoms with van der Waals surface area (Å²) in [7, 11) is 0. The number of alkyl carbamates (subject to hydrolysis) is 1. The molecule has 0 aliphatic heterocycles. The average molecular weight is 239 g/mol. The second-order valence-corrected chi connectivity index (χ2v) is 6.55. The molecule has 0 saturated heterocycles. The van der Waals surface area contributed by atoms with Gasteiger partial charge in [-0.15, -0.1) is 0 Å². The molecule has 0 aromatic heterocycles. The fourth-order valence-corrected chi connectivity index (χ4v) is 2.92. The van der Waals surface area contributed by atoms with Gasteiger partial charge in [0.05, 0.1) is 0 Å². The molecule has 0 aromatic carbocycles. The highest BCUT2D eigenvalue weighted by Gasteiger charge is 2.44. The summed E-state index contributed by atoms with van der Waals surface area (Å²) in [5.41, 5.74) is -0.390. The van der Waals surface area contributed by atoms with Crippen molar-refractivity contribution in [2.45, 2.75) is 70.9 Å². The van der Waals surface area contributed by atoms with Crippen LogP contribution < -0.4 is 5.32 Å². The third-order valence-corrected chi connectivity index (χ3v) is 3.80. The molecule has 98 valence electrons. The average Bonchev–Trinajstić information content (AvgIpc) is 2.95. The van der Waals surface area contributed by atoms with Gasteiger partial charge in [0.25, 0.3) is 0 Å². The lowest BCUT2D eigenvalue weighted by Crippen LogP contribution is -2.34. The second kappa shape index (κ2) is 4.87. The number of carbonyl (C=O) groups is 1. The molecular formula is C14H25NO2. The Balaban J connectivity index is 1.70. The maximum Gasteiger partial charge on any atom is 0.407 e. The minimum Gasteiger partial charge on any atom is -0.444 e. The van der Waals surface area contributed by atoms with E-state index in [1.165, 1.54) is 32.1 Å². The molecule has 17 heavy (non-hydrogen) atoms. The Bertz CT molecular complexity index is 276. The topological polar surface area (TPSA) is 38.3 Å². The van der Waals surface area contributed by atoms with Crippen molar-refractivity contribution in [2.24, 2.45) is 11.8 Å². The van der Waals surface area contributed by atoms with E-state index < -0.39 is 0 Å². The predicted octanol–water partition coefficient (Wildman–Crippen LogP) is 3.48. The van der Waals surface area contributed by atoms with Crippen molar-refractivity contribution in [1.82, 2.24) is 5.32 Å². The Hall–Kier alpha value is -0.730. The van der Waals surface area contributed by atoms with E-state index in [0.29, 0.717) is 6.04 Å². The minimum atomic E-state index is -0.390. The highest BCUT2D eigenvalue weighted by molar-refractivity contribution is 5.68. The lowest BCUT2D eigenvalue weighted by atomic mass is 9.85. The molecule has 2 atom stereocenters. The summed E-state index contributed by atoms with van der Waals surface area (Å²) >= 11 is 0. The normalized spacial score (nSPS) is 29.8. The first-order chi connectivity index (χ1) is 7.96. The molecule has 2 fully saturated rings. The van der Waals surface area contributed by atoms with Gasteiger partial charge in [-0.1, -0.05) is 32.1 Å². The van der Waals surface area contributed by atoms with Gasteiger partial charge in [0, 0.05) is 6.04 Å². The molecule has 1 amide bonds. The van der Waals surface area contributed by atoms with Crippen molar-refractivity contribution in [3.8, 4) is 0 Å². The van der Waals surface area contributed by atoms with Crippen LogP contribution in [0, 0.1) is 11.8 Å². The number of carbonyl (C=O) groups excluding carboxylic acids is 1. The van der Waals surface area contributed by atoms with Crippen molar-refractivity contribution in [3.63, 3.8) is 0 Å².